The summed E-state index contributed by atoms with van der Waals surface area (Å²) in [7, 11) is -7.33. The van der Waals surface area contributed by atoms with Crippen LogP contribution in [0.25, 0.3) is 0 Å². The maximum atomic E-state index is 13.4. The Morgan fingerprint density at radius 2 is 1.69 bits per heavy atom. The van der Waals surface area contributed by atoms with E-state index < -0.39 is 20.5 Å². The van der Waals surface area contributed by atoms with E-state index in [9.17, 15) is 9.13 Å². The number of pyridine rings is 2. The second-order valence-electron chi connectivity index (χ2n) is 6.55. The van der Waals surface area contributed by atoms with Crippen LogP contribution in [0.1, 0.15) is 32.0 Å². The molecule has 0 spiro atoms. The average Bonchev–Trinajstić information content (AvgIpc) is 2.76. The van der Waals surface area contributed by atoms with Crippen LogP contribution in [-0.2, 0) is 29.3 Å². The van der Waals surface area contributed by atoms with Gasteiger partial charge < -0.3 is 23.6 Å². The van der Waals surface area contributed by atoms with Crippen LogP contribution in [0.5, 0.6) is 5.75 Å². The topological polar surface area (TPSA) is 133 Å². The molecule has 12 heteroatoms. The molecule has 2 heterocycles. The summed E-state index contributed by atoms with van der Waals surface area (Å²) in [5.74, 6) is 0.725. The van der Waals surface area contributed by atoms with Crippen LogP contribution in [0.15, 0.2) is 36.7 Å². The normalized spacial score (nSPS) is 14.2. The Labute approximate surface area is 188 Å². The summed E-state index contributed by atoms with van der Waals surface area (Å²) in [6.45, 7) is 7.01. The van der Waals surface area contributed by atoms with Gasteiger partial charge in [-0.3, -0.25) is 9.13 Å². The fourth-order valence-electron chi connectivity index (χ4n) is 2.82. The molecule has 0 radical (unpaired) electrons. The molecule has 0 aliphatic rings. The lowest BCUT2D eigenvalue weighted by Crippen LogP contribution is -2.24. The van der Waals surface area contributed by atoms with Crippen molar-refractivity contribution in [3.05, 3.63) is 47.9 Å². The van der Waals surface area contributed by atoms with Crippen molar-refractivity contribution in [3.63, 3.8) is 0 Å². The number of hydrogen-bond acceptors (Lipinski definition) is 10. The number of anilines is 1. The molecular formula is C20H28N4O6P2. The molecule has 2 aromatic heterocycles. The molecule has 10 nitrogen and oxygen atoms in total. The fraction of sp³-hybridized carbons (Fsp3) is 0.450. The van der Waals surface area contributed by atoms with Crippen molar-refractivity contribution in [3.8, 4) is 11.8 Å². The van der Waals surface area contributed by atoms with Gasteiger partial charge in [0.05, 0.1) is 19.8 Å². The molecule has 2 aromatic rings. The van der Waals surface area contributed by atoms with Crippen LogP contribution in [-0.4, -0.2) is 42.0 Å². The van der Waals surface area contributed by atoms with Crippen LogP contribution >= 0.6 is 15.0 Å². The molecule has 174 valence electrons. The van der Waals surface area contributed by atoms with Gasteiger partial charge in [0.2, 0.25) is 12.9 Å². The third-order valence-corrected chi connectivity index (χ3v) is 9.96. The number of hydrogen-bond donors (Lipinski definition) is 1. The highest BCUT2D eigenvalue weighted by atomic mass is 31.2. The molecule has 0 bridgehead atoms. The fourth-order valence-corrected chi connectivity index (χ4v) is 7.87. The van der Waals surface area contributed by atoms with Crippen molar-refractivity contribution in [1.29, 1.82) is 5.26 Å². The Balaban J connectivity index is 2.26. The Kier molecular flexibility index (Phi) is 9.83. The number of nitrogens with zero attached hydrogens (tertiary/aromatic N) is 3. The predicted octanol–water partition coefficient (Wildman–Crippen LogP) is 4.83. The van der Waals surface area contributed by atoms with Gasteiger partial charge in [0.25, 0.3) is 0 Å². The van der Waals surface area contributed by atoms with Gasteiger partial charge in [0.1, 0.15) is 29.9 Å². The van der Waals surface area contributed by atoms with Crippen LogP contribution < -0.4 is 10.1 Å². The van der Waals surface area contributed by atoms with Crippen molar-refractivity contribution in [2.24, 2.45) is 0 Å². The smallest absolute Gasteiger partial charge is 0.362 e. The first-order valence-corrected chi connectivity index (χ1v) is 13.8. The van der Waals surface area contributed by atoms with Crippen LogP contribution in [0.3, 0.4) is 0 Å². The Morgan fingerprint density at radius 1 is 1.03 bits per heavy atom. The summed E-state index contributed by atoms with van der Waals surface area (Å²) >= 11 is 0. The zero-order chi connectivity index (χ0) is 23.6. The van der Waals surface area contributed by atoms with Crippen LogP contribution in [0.2, 0.25) is 0 Å². The number of ether oxygens (including phenoxy) is 1. The maximum absolute atomic E-state index is 13.4. The van der Waals surface area contributed by atoms with Gasteiger partial charge >= 0.3 is 7.60 Å². The lowest BCUT2D eigenvalue weighted by atomic mass is 10.2. The minimum atomic E-state index is -3.85. The molecule has 0 saturated heterocycles. The van der Waals surface area contributed by atoms with Gasteiger partial charge in [0, 0.05) is 25.1 Å². The molecular weight excluding hydrogens is 454 g/mol. The van der Waals surface area contributed by atoms with Gasteiger partial charge in [-0.2, -0.15) is 5.26 Å². The van der Waals surface area contributed by atoms with Crippen LogP contribution in [0.4, 0.5) is 5.82 Å². The van der Waals surface area contributed by atoms with E-state index in [4.69, 9.17) is 23.6 Å². The molecule has 0 fully saturated rings. The first kappa shape index (κ1) is 26.0. The molecule has 0 saturated carbocycles. The molecule has 0 amide bonds. The first-order valence-electron chi connectivity index (χ1n) is 10.1. The van der Waals surface area contributed by atoms with Gasteiger partial charge in [0.15, 0.2) is 0 Å². The van der Waals surface area contributed by atoms with Crippen molar-refractivity contribution in [1.82, 2.24) is 9.97 Å². The van der Waals surface area contributed by atoms with Gasteiger partial charge in [-0.05, 0) is 44.5 Å². The number of nitriles is 1. The highest BCUT2D eigenvalue weighted by molar-refractivity contribution is 7.75. The molecule has 32 heavy (non-hydrogen) atoms. The van der Waals surface area contributed by atoms with Crippen molar-refractivity contribution < 1.29 is 27.4 Å². The summed E-state index contributed by atoms with van der Waals surface area (Å²) in [5.41, 5.74) is -0.188. The zero-order valence-corrected chi connectivity index (χ0v) is 20.3. The number of nitrogens with one attached hydrogen (secondary N) is 1. The SMILES string of the molecule is CCOP(C)(=O)C(Nc1cc(OCc2ccnc(C#N)c2)ccn1)P(=O)(OCC)OCC. The molecule has 1 N–H and O–H groups in total. The minimum Gasteiger partial charge on any atom is -0.489 e. The second kappa shape index (κ2) is 12.1. The summed E-state index contributed by atoms with van der Waals surface area (Å²) < 4.78 is 48.8. The van der Waals surface area contributed by atoms with Gasteiger partial charge in [-0.25, -0.2) is 9.97 Å². The Bertz CT molecular complexity index is 1020. The summed E-state index contributed by atoms with van der Waals surface area (Å²) in [5, 5.41) is 11.9. The van der Waals surface area contributed by atoms with Crippen LogP contribution in [0, 0.1) is 11.3 Å². The van der Waals surface area contributed by atoms with Gasteiger partial charge in [-0.15, -0.1) is 0 Å². The van der Waals surface area contributed by atoms with E-state index in [0.29, 0.717) is 11.4 Å². The van der Waals surface area contributed by atoms with E-state index in [2.05, 4.69) is 15.3 Å². The summed E-state index contributed by atoms with van der Waals surface area (Å²) in [6, 6.07) is 8.58. The van der Waals surface area contributed by atoms with E-state index in [1.165, 1.54) is 19.1 Å². The lowest BCUT2D eigenvalue weighted by Gasteiger charge is -2.31. The van der Waals surface area contributed by atoms with Crippen molar-refractivity contribution >= 4 is 20.8 Å². The standard InChI is InChI=1S/C20H28N4O6P2/c1-5-28-31(4,25)20(32(26,29-6-2)30-7-3)24-19-13-18(9-11-23-19)27-15-16-8-10-22-17(12-16)14-21/h8-13,20H,5-7,15H2,1-4H3,(H,23,24). The third kappa shape index (κ3) is 7.13. The lowest BCUT2D eigenvalue weighted by molar-refractivity contribution is 0.217. The monoisotopic (exact) mass is 482 g/mol. The largest absolute Gasteiger partial charge is 0.489 e. The molecule has 0 aromatic carbocycles. The van der Waals surface area contributed by atoms with E-state index in [1.54, 1.807) is 45.0 Å². The molecule has 0 aliphatic heterocycles. The van der Waals surface area contributed by atoms with Crippen molar-refractivity contribution in [2.75, 3.05) is 31.8 Å². The number of aromatic nitrogens is 2. The zero-order valence-electron chi connectivity index (χ0n) is 18.6. The number of rotatable bonds is 13. The Hall–Kier alpha value is -2.27. The summed E-state index contributed by atoms with van der Waals surface area (Å²) in [4.78, 5) is 8.14. The molecule has 2 atom stereocenters. The third-order valence-electron chi connectivity index (χ3n) is 4.10. The van der Waals surface area contributed by atoms with E-state index in [-0.39, 0.29) is 32.2 Å². The molecule has 0 aliphatic carbocycles. The van der Waals surface area contributed by atoms with E-state index in [1.807, 2.05) is 6.07 Å². The highest BCUT2D eigenvalue weighted by Gasteiger charge is 2.47. The molecule has 2 rings (SSSR count). The van der Waals surface area contributed by atoms with Crippen molar-refractivity contribution in [2.45, 2.75) is 32.9 Å². The first-order chi connectivity index (χ1) is 15.3. The molecule has 2 unspecified atom stereocenters. The predicted molar refractivity (Wildman–Crippen MR) is 121 cm³/mol. The Morgan fingerprint density at radius 3 is 2.31 bits per heavy atom. The summed E-state index contributed by atoms with van der Waals surface area (Å²) in [6.07, 6.45) is 3.03. The van der Waals surface area contributed by atoms with E-state index >= 15 is 0 Å². The highest BCUT2D eigenvalue weighted by Crippen LogP contribution is 2.67. The maximum Gasteiger partial charge on any atom is 0.362 e. The van der Waals surface area contributed by atoms with Gasteiger partial charge in [-0.1, -0.05) is 0 Å². The van der Waals surface area contributed by atoms with E-state index in [0.717, 1.165) is 5.56 Å². The average molecular weight is 482 g/mol. The minimum absolute atomic E-state index is 0.106. The quantitative estimate of drug-likeness (QED) is 0.396. The second-order valence-corrected chi connectivity index (χ2v) is 11.7.